The average Bonchev–Trinajstić information content (AvgIpc) is 2.87. The molecule has 0 fully saturated rings. The van der Waals surface area contributed by atoms with Gasteiger partial charge in [0.05, 0.1) is 13.2 Å². The molecular formula is C27H31N3O4. The molecule has 3 aromatic carbocycles. The Morgan fingerprint density at radius 3 is 2.24 bits per heavy atom. The van der Waals surface area contributed by atoms with E-state index in [4.69, 9.17) is 9.47 Å². The van der Waals surface area contributed by atoms with Crippen LogP contribution in [0.5, 0.6) is 5.75 Å². The fourth-order valence-corrected chi connectivity index (χ4v) is 3.21. The van der Waals surface area contributed by atoms with Crippen LogP contribution < -0.4 is 20.7 Å². The third-order valence-corrected chi connectivity index (χ3v) is 5.05. The number of benzene rings is 3. The predicted molar refractivity (Wildman–Crippen MR) is 134 cm³/mol. The van der Waals surface area contributed by atoms with Gasteiger partial charge in [-0.15, -0.1) is 0 Å². The van der Waals surface area contributed by atoms with Gasteiger partial charge < -0.3 is 25.4 Å². The lowest BCUT2D eigenvalue weighted by Gasteiger charge is -2.10. The number of carbonyl (C=O) groups excluding carboxylic acids is 2. The van der Waals surface area contributed by atoms with Gasteiger partial charge in [-0.2, -0.15) is 0 Å². The molecule has 0 saturated heterocycles. The lowest BCUT2D eigenvalue weighted by atomic mass is 10.2. The van der Waals surface area contributed by atoms with Gasteiger partial charge in [0, 0.05) is 43.6 Å². The molecule has 0 aliphatic heterocycles. The number of anilines is 2. The number of hydrogen-bond donors (Lipinski definition) is 3. The molecule has 3 rings (SSSR count). The Bertz CT molecular complexity index is 1020. The molecule has 178 valence electrons. The van der Waals surface area contributed by atoms with E-state index in [1.165, 1.54) is 5.56 Å². The number of ether oxygens (including phenoxy) is 2. The van der Waals surface area contributed by atoms with Crippen molar-refractivity contribution in [3.8, 4) is 5.75 Å². The summed E-state index contributed by atoms with van der Waals surface area (Å²) in [5.74, 6) is 0.455. The molecule has 0 unspecified atom stereocenters. The number of amides is 2. The Labute approximate surface area is 200 Å². The van der Waals surface area contributed by atoms with E-state index in [0.29, 0.717) is 31.0 Å². The van der Waals surface area contributed by atoms with Gasteiger partial charge in [-0.25, -0.2) is 0 Å². The Kier molecular flexibility index (Phi) is 9.95. The summed E-state index contributed by atoms with van der Waals surface area (Å²) in [4.78, 5) is 24.4. The van der Waals surface area contributed by atoms with Crippen LogP contribution in [0.4, 0.5) is 11.4 Å². The molecule has 3 N–H and O–H groups in total. The first-order valence-electron chi connectivity index (χ1n) is 11.3. The molecule has 0 spiro atoms. The van der Waals surface area contributed by atoms with Crippen LogP contribution in [0, 0.1) is 0 Å². The van der Waals surface area contributed by atoms with Crippen LogP contribution in [-0.2, 0) is 16.0 Å². The van der Waals surface area contributed by atoms with Gasteiger partial charge in [-0.1, -0.05) is 30.3 Å². The summed E-state index contributed by atoms with van der Waals surface area (Å²) in [7, 11) is 1.63. The van der Waals surface area contributed by atoms with Crippen LogP contribution in [0.25, 0.3) is 0 Å². The fraction of sp³-hybridized carbons (Fsp3) is 0.259. The molecule has 0 radical (unpaired) electrons. The van der Waals surface area contributed by atoms with Crippen LogP contribution in [0.2, 0.25) is 0 Å². The van der Waals surface area contributed by atoms with E-state index in [2.05, 4.69) is 28.1 Å². The summed E-state index contributed by atoms with van der Waals surface area (Å²) >= 11 is 0. The van der Waals surface area contributed by atoms with E-state index in [1.54, 1.807) is 31.4 Å². The minimum Gasteiger partial charge on any atom is -0.493 e. The van der Waals surface area contributed by atoms with E-state index in [-0.39, 0.29) is 18.4 Å². The largest absolute Gasteiger partial charge is 0.493 e. The zero-order valence-electron chi connectivity index (χ0n) is 19.4. The average molecular weight is 462 g/mol. The molecule has 3 aromatic rings. The van der Waals surface area contributed by atoms with E-state index in [9.17, 15) is 9.59 Å². The molecule has 7 heteroatoms. The Morgan fingerprint density at radius 1 is 0.824 bits per heavy atom. The minimum absolute atomic E-state index is 0.121. The fourth-order valence-electron chi connectivity index (χ4n) is 3.21. The van der Waals surface area contributed by atoms with Crippen molar-refractivity contribution in [1.29, 1.82) is 0 Å². The first-order valence-corrected chi connectivity index (χ1v) is 11.3. The summed E-state index contributed by atoms with van der Waals surface area (Å²) in [6.07, 6.45) is 1.61. The maximum Gasteiger partial charge on any atom is 0.251 e. The van der Waals surface area contributed by atoms with Gasteiger partial charge in [0.15, 0.2) is 0 Å². The van der Waals surface area contributed by atoms with Crippen molar-refractivity contribution in [2.24, 2.45) is 0 Å². The molecule has 34 heavy (non-hydrogen) atoms. The van der Waals surface area contributed by atoms with Gasteiger partial charge in [-0.05, 0) is 60.5 Å². The second kappa shape index (κ2) is 13.6. The Balaban J connectivity index is 1.36. The molecule has 0 aromatic heterocycles. The summed E-state index contributed by atoms with van der Waals surface area (Å²) in [6.45, 7) is 1.88. The monoisotopic (exact) mass is 461 g/mol. The lowest BCUT2D eigenvalue weighted by molar-refractivity contribution is -0.114. The molecule has 7 nitrogen and oxygen atoms in total. The number of methoxy groups -OCH3 is 1. The van der Waals surface area contributed by atoms with Crippen LogP contribution in [-0.4, -0.2) is 45.2 Å². The van der Waals surface area contributed by atoms with Crippen molar-refractivity contribution in [2.45, 2.75) is 12.8 Å². The first-order chi connectivity index (χ1) is 16.6. The Morgan fingerprint density at radius 2 is 1.53 bits per heavy atom. The van der Waals surface area contributed by atoms with Gasteiger partial charge in [-0.3, -0.25) is 9.59 Å². The summed E-state index contributed by atoms with van der Waals surface area (Å²) < 4.78 is 10.7. The van der Waals surface area contributed by atoms with Crippen molar-refractivity contribution in [2.75, 3.05) is 44.0 Å². The Hall–Kier alpha value is -3.84. The maximum absolute atomic E-state index is 12.3. The second-order valence-electron chi connectivity index (χ2n) is 7.69. The quantitative estimate of drug-likeness (QED) is 0.333. The highest BCUT2D eigenvalue weighted by Gasteiger charge is 2.07. The van der Waals surface area contributed by atoms with Gasteiger partial charge >= 0.3 is 0 Å². The van der Waals surface area contributed by atoms with Crippen LogP contribution in [0.3, 0.4) is 0 Å². The van der Waals surface area contributed by atoms with Gasteiger partial charge in [0.2, 0.25) is 5.91 Å². The van der Waals surface area contributed by atoms with Gasteiger partial charge in [0.25, 0.3) is 5.91 Å². The SMILES string of the molecule is COCCCNC(=O)c1ccc(NC(=O)CNc2ccc(OCCc3ccccc3)cc2)cc1. The molecule has 2 amide bonds. The van der Waals surface area contributed by atoms with E-state index in [1.807, 2.05) is 42.5 Å². The molecule has 0 heterocycles. The highest BCUT2D eigenvalue weighted by molar-refractivity contribution is 5.96. The second-order valence-corrected chi connectivity index (χ2v) is 7.69. The molecule has 0 atom stereocenters. The predicted octanol–water partition coefficient (Wildman–Crippen LogP) is 4.13. The van der Waals surface area contributed by atoms with Crippen molar-refractivity contribution in [3.63, 3.8) is 0 Å². The molecule has 0 saturated carbocycles. The highest BCUT2D eigenvalue weighted by atomic mass is 16.5. The minimum atomic E-state index is -0.181. The highest BCUT2D eigenvalue weighted by Crippen LogP contribution is 2.16. The number of nitrogens with one attached hydrogen (secondary N) is 3. The smallest absolute Gasteiger partial charge is 0.251 e. The third kappa shape index (κ3) is 8.60. The van der Waals surface area contributed by atoms with Crippen LogP contribution in [0.15, 0.2) is 78.9 Å². The van der Waals surface area contributed by atoms with Crippen LogP contribution in [0.1, 0.15) is 22.3 Å². The number of hydrogen-bond acceptors (Lipinski definition) is 5. The number of rotatable bonds is 13. The molecule has 0 aliphatic rings. The van der Waals surface area contributed by atoms with E-state index in [0.717, 1.165) is 24.3 Å². The lowest BCUT2D eigenvalue weighted by Crippen LogP contribution is -2.25. The van der Waals surface area contributed by atoms with E-state index < -0.39 is 0 Å². The zero-order chi connectivity index (χ0) is 24.0. The topological polar surface area (TPSA) is 88.7 Å². The van der Waals surface area contributed by atoms with Crippen molar-refractivity contribution < 1.29 is 19.1 Å². The van der Waals surface area contributed by atoms with Gasteiger partial charge in [0.1, 0.15) is 5.75 Å². The number of carbonyl (C=O) groups is 2. The maximum atomic E-state index is 12.3. The van der Waals surface area contributed by atoms with Crippen molar-refractivity contribution in [3.05, 3.63) is 90.0 Å². The van der Waals surface area contributed by atoms with Crippen molar-refractivity contribution in [1.82, 2.24) is 5.32 Å². The summed E-state index contributed by atoms with van der Waals surface area (Å²) in [5, 5.41) is 8.74. The first kappa shape index (κ1) is 24.8. The van der Waals surface area contributed by atoms with E-state index >= 15 is 0 Å². The molecule has 0 aliphatic carbocycles. The van der Waals surface area contributed by atoms with Crippen molar-refractivity contribution >= 4 is 23.2 Å². The summed E-state index contributed by atoms with van der Waals surface area (Å²) in [5.41, 5.74) is 3.23. The normalized spacial score (nSPS) is 10.4. The summed E-state index contributed by atoms with van der Waals surface area (Å²) in [6, 6.07) is 24.5. The standard InChI is InChI=1S/C27H31N3O4/c1-33-18-5-17-28-27(32)22-8-10-24(11-9-22)30-26(31)20-29-23-12-14-25(15-13-23)34-19-16-21-6-3-2-4-7-21/h2-4,6-15,29H,5,16-20H2,1H3,(H,28,32)(H,30,31). The third-order valence-electron chi connectivity index (χ3n) is 5.05. The molecular weight excluding hydrogens is 430 g/mol. The zero-order valence-corrected chi connectivity index (χ0v) is 19.4. The van der Waals surface area contributed by atoms with Crippen LogP contribution >= 0.6 is 0 Å². The molecule has 0 bridgehead atoms.